The summed E-state index contributed by atoms with van der Waals surface area (Å²) >= 11 is 0. The van der Waals surface area contributed by atoms with Gasteiger partial charge in [0.1, 0.15) is 0 Å². The summed E-state index contributed by atoms with van der Waals surface area (Å²) < 4.78 is 0. The van der Waals surface area contributed by atoms with Crippen LogP contribution in [-0.4, -0.2) is 42.0 Å². The van der Waals surface area contributed by atoms with Crippen LogP contribution >= 0.6 is 0 Å². The number of urea groups is 1. The van der Waals surface area contributed by atoms with Crippen molar-refractivity contribution < 1.29 is 4.79 Å². The zero-order chi connectivity index (χ0) is 12.3. The molecule has 0 radical (unpaired) electrons. The summed E-state index contributed by atoms with van der Waals surface area (Å²) in [5.41, 5.74) is 0. The highest BCUT2D eigenvalue weighted by Gasteiger charge is 2.28. The van der Waals surface area contributed by atoms with Gasteiger partial charge in [-0.2, -0.15) is 0 Å². The molecular formula is C14H26N2O. The second kappa shape index (κ2) is 5.74. The van der Waals surface area contributed by atoms with Crippen molar-refractivity contribution in [3.05, 3.63) is 0 Å². The number of rotatable bonds is 0. The molecule has 0 aromatic carbocycles. The lowest BCUT2D eigenvalue weighted by Crippen LogP contribution is -2.49. The van der Waals surface area contributed by atoms with Gasteiger partial charge in [0.05, 0.1) is 0 Å². The van der Waals surface area contributed by atoms with Gasteiger partial charge >= 0.3 is 6.03 Å². The van der Waals surface area contributed by atoms with Crippen LogP contribution in [0.4, 0.5) is 4.79 Å². The molecule has 2 amide bonds. The van der Waals surface area contributed by atoms with Crippen LogP contribution in [0.15, 0.2) is 0 Å². The third-order valence-electron chi connectivity index (χ3n) is 4.02. The summed E-state index contributed by atoms with van der Waals surface area (Å²) in [5, 5.41) is 0. The fourth-order valence-corrected chi connectivity index (χ4v) is 3.28. The Kier molecular flexibility index (Phi) is 4.30. The number of carbonyl (C=O) groups is 1. The van der Waals surface area contributed by atoms with Crippen LogP contribution in [0, 0.1) is 11.8 Å². The maximum absolute atomic E-state index is 12.4. The number of amides is 2. The van der Waals surface area contributed by atoms with E-state index >= 15 is 0 Å². The van der Waals surface area contributed by atoms with E-state index in [1.807, 2.05) is 0 Å². The highest BCUT2D eigenvalue weighted by Crippen LogP contribution is 2.22. The second-order valence-electron chi connectivity index (χ2n) is 6.03. The first-order chi connectivity index (χ1) is 8.16. The Labute approximate surface area is 105 Å². The molecule has 0 spiro atoms. The maximum atomic E-state index is 12.4. The molecule has 2 unspecified atom stereocenters. The van der Waals surface area contributed by atoms with E-state index < -0.39 is 0 Å². The van der Waals surface area contributed by atoms with Gasteiger partial charge in [-0.15, -0.1) is 0 Å². The van der Waals surface area contributed by atoms with Gasteiger partial charge in [-0.25, -0.2) is 4.79 Å². The topological polar surface area (TPSA) is 23.6 Å². The highest BCUT2D eigenvalue weighted by molar-refractivity contribution is 5.74. The molecule has 17 heavy (non-hydrogen) atoms. The van der Waals surface area contributed by atoms with Crippen LogP contribution in [0.3, 0.4) is 0 Å². The van der Waals surface area contributed by atoms with Crippen molar-refractivity contribution in [2.45, 2.75) is 46.0 Å². The largest absolute Gasteiger partial charge is 0.325 e. The predicted octanol–water partition coefficient (Wildman–Crippen LogP) is 2.96. The van der Waals surface area contributed by atoms with Crippen LogP contribution in [0.2, 0.25) is 0 Å². The van der Waals surface area contributed by atoms with E-state index in [2.05, 4.69) is 23.6 Å². The Bertz CT molecular complexity index is 249. The quantitative estimate of drug-likeness (QED) is 0.636. The van der Waals surface area contributed by atoms with Crippen molar-refractivity contribution >= 4 is 6.03 Å². The Morgan fingerprint density at radius 1 is 0.882 bits per heavy atom. The average Bonchev–Trinajstić information content (AvgIpc) is 2.55. The maximum Gasteiger partial charge on any atom is 0.320 e. The van der Waals surface area contributed by atoms with E-state index in [1.165, 1.54) is 32.1 Å². The smallest absolute Gasteiger partial charge is 0.320 e. The van der Waals surface area contributed by atoms with E-state index in [0.29, 0.717) is 17.9 Å². The lowest BCUT2D eigenvalue weighted by Gasteiger charge is -2.38. The van der Waals surface area contributed by atoms with Gasteiger partial charge < -0.3 is 9.80 Å². The summed E-state index contributed by atoms with van der Waals surface area (Å²) in [7, 11) is 0. The van der Waals surface area contributed by atoms with Gasteiger partial charge in [0, 0.05) is 26.2 Å². The molecule has 2 fully saturated rings. The minimum atomic E-state index is 0.297. The molecule has 2 atom stereocenters. The molecule has 98 valence electrons. The van der Waals surface area contributed by atoms with Gasteiger partial charge in [-0.05, 0) is 31.1 Å². The van der Waals surface area contributed by atoms with Gasteiger partial charge in [0.2, 0.25) is 0 Å². The fraction of sp³-hybridized carbons (Fsp3) is 0.929. The van der Waals surface area contributed by atoms with Crippen molar-refractivity contribution in [3.63, 3.8) is 0 Å². The Morgan fingerprint density at radius 3 is 1.94 bits per heavy atom. The SMILES string of the molecule is CC1CC(C)CN(C(=O)N2CCCCCC2)C1. The standard InChI is InChI=1S/C14H26N2O/c1-12-9-13(2)11-16(10-12)14(17)15-7-5-3-4-6-8-15/h12-13H,3-11H2,1-2H3. The van der Waals surface area contributed by atoms with Gasteiger partial charge in [0.15, 0.2) is 0 Å². The Balaban J connectivity index is 1.93. The number of likely N-dealkylation sites (tertiary alicyclic amines) is 2. The number of nitrogens with zero attached hydrogens (tertiary/aromatic N) is 2. The Hall–Kier alpha value is -0.730. The zero-order valence-electron chi connectivity index (χ0n) is 11.3. The molecule has 3 nitrogen and oxygen atoms in total. The molecule has 0 bridgehead atoms. The van der Waals surface area contributed by atoms with E-state index in [9.17, 15) is 4.79 Å². The van der Waals surface area contributed by atoms with Crippen LogP contribution in [-0.2, 0) is 0 Å². The number of hydrogen-bond donors (Lipinski definition) is 0. The number of carbonyl (C=O) groups excluding carboxylic acids is 1. The van der Waals surface area contributed by atoms with E-state index in [4.69, 9.17) is 0 Å². The van der Waals surface area contributed by atoms with Crippen LogP contribution in [0.1, 0.15) is 46.0 Å². The van der Waals surface area contributed by atoms with Crippen molar-refractivity contribution in [2.24, 2.45) is 11.8 Å². The molecule has 2 aliphatic rings. The molecule has 0 aromatic rings. The van der Waals surface area contributed by atoms with Crippen LogP contribution in [0.5, 0.6) is 0 Å². The molecule has 0 saturated carbocycles. The minimum Gasteiger partial charge on any atom is -0.325 e. The normalized spacial score (nSPS) is 31.2. The first-order valence-electron chi connectivity index (χ1n) is 7.20. The molecule has 0 aliphatic carbocycles. The molecule has 2 aliphatic heterocycles. The number of hydrogen-bond acceptors (Lipinski definition) is 1. The molecule has 0 N–H and O–H groups in total. The average molecular weight is 238 g/mol. The molecule has 2 rings (SSSR count). The van der Waals surface area contributed by atoms with Crippen molar-refractivity contribution in [3.8, 4) is 0 Å². The predicted molar refractivity (Wildman–Crippen MR) is 70.0 cm³/mol. The minimum absolute atomic E-state index is 0.297. The van der Waals surface area contributed by atoms with Crippen LogP contribution in [0.25, 0.3) is 0 Å². The first-order valence-corrected chi connectivity index (χ1v) is 7.20. The fourth-order valence-electron chi connectivity index (χ4n) is 3.28. The third kappa shape index (κ3) is 3.36. The van der Waals surface area contributed by atoms with E-state index in [1.54, 1.807) is 0 Å². The highest BCUT2D eigenvalue weighted by atomic mass is 16.2. The summed E-state index contributed by atoms with van der Waals surface area (Å²) in [4.78, 5) is 16.6. The summed E-state index contributed by atoms with van der Waals surface area (Å²) in [6.45, 7) is 8.38. The molecule has 2 saturated heterocycles. The van der Waals surface area contributed by atoms with Crippen molar-refractivity contribution in [1.82, 2.24) is 9.80 Å². The van der Waals surface area contributed by atoms with Gasteiger partial charge in [-0.1, -0.05) is 26.7 Å². The third-order valence-corrected chi connectivity index (χ3v) is 4.02. The van der Waals surface area contributed by atoms with E-state index in [0.717, 1.165) is 26.2 Å². The van der Waals surface area contributed by atoms with Gasteiger partial charge in [0.25, 0.3) is 0 Å². The van der Waals surface area contributed by atoms with Crippen LogP contribution < -0.4 is 0 Å². The monoisotopic (exact) mass is 238 g/mol. The molecule has 0 aromatic heterocycles. The van der Waals surface area contributed by atoms with E-state index in [-0.39, 0.29) is 0 Å². The lowest BCUT2D eigenvalue weighted by atomic mass is 9.92. The lowest BCUT2D eigenvalue weighted by molar-refractivity contribution is 0.115. The molecule has 3 heteroatoms. The first kappa shape index (κ1) is 12.7. The Morgan fingerprint density at radius 2 is 1.41 bits per heavy atom. The molecule has 2 heterocycles. The zero-order valence-corrected chi connectivity index (χ0v) is 11.3. The van der Waals surface area contributed by atoms with Crippen molar-refractivity contribution in [2.75, 3.05) is 26.2 Å². The van der Waals surface area contributed by atoms with Crippen molar-refractivity contribution in [1.29, 1.82) is 0 Å². The summed E-state index contributed by atoms with van der Waals surface area (Å²) in [6.07, 6.45) is 6.21. The van der Waals surface area contributed by atoms with Gasteiger partial charge in [-0.3, -0.25) is 0 Å². The summed E-state index contributed by atoms with van der Waals surface area (Å²) in [5.74, 6) is 1.32. The second-order valence-corrected chi connectivity index (χ2v) is 6.03. The molecular weight excluding hydrogens is 212 g/mol. The summed E-state index contributed by atoms with van der Waals surface area (Å²) in [6, 6.07) is 0.297. The number of piperidine rings is 1.